The third kappa shape index (κ3) is 31.7. The fraction of sp³-hybridized carbons (Fsp3) is 0.568. The Hall–Kier alpha value is -2.85. The summed E-state index contributed by atoms with van der Waals surface area (Å²) in [5, 5.41) is 18.2. The molecule has 0 spiro atoms. The number of carbonyl (C=O) groups excluding carboxylic acids is 2. The number of hydrogen-bond donors (Lipinski definition) is 3. The third-order valence-electron chi connectivity index (χ3n) is 6.39. The van der Waals surface area contributed by atoms with Gasteiger partial charge in [-0.15, -0.1) is 0 Å². The van der Waals surface area contributed by atoms with Crippen molar-refractivity contribution in [3.05, 3.63) is 85.1 Å². The van der Waals surface area contributed by atoms with Crippen LogP contribution >= 0.6 is 7.82 Å². The van der Waals surface area contributed by atoms with Crippen molar-refractivity contribution in [1.29, 1.82) is 0 Å². The molecule has 0 heterocycles. The summed E-state index contributed by atoms with van der Waals surface area (Å²) in [6.45, 7) is 1.97. The molecule has 2 unspecified atom stereocenters. The molecule has 0 aliphatic heterocycles. The van der Waals surface area contributed by atoms with Gasteiger partial charge in [0.2, 0.25) is 0 Å². The molecular formula is C37H59O10P. The number of aliphatic hydroxyl groups excluding tert-OH is 2. The lowest BCUT2D eigenvalue weighted by Crippen LogP contribution is -2.29. The normalized spacial score (nSPS) is 15.2. The molecule has 0 radical (unpaired) electrons. The highest BCUT2D eigenvalue weighted by atomic mass is 31.2. The molecule has 0 aromatic heterocycles. The quantitative estimate of drug-likeness (QED) is 0.0222. The fourth-order valence-corrected chi connectivity index (χ4v) is 4.57. The van der Waals surface area contributed by atoms with E-state index in [0.29, 0.717) is 12.8 Å². The minimum atomic E-state index is -4.63. The van der Waals surface area contributed by atoms with Gasteiger partial charge in [-0.1, -0.05) is 105 Å². The molecule has 3 N–H and O–H groups in total. The number of carbonyl (C=O) groups is 2. The topological polar surface area (TPSA) is 149 Å². The summed E-state index contributed by atoms with van der Waals surface area (Å²) in [6.07, 6.45) is 35.7. The summed E-state index contributed by atoms with van der Waals surface area (Å²) < 4.78 is 32.4. The number of ether oxygens (including phenoxy) is 2. The number of unbranched alkanes of at least 4 members (excludes halogenated alkanes) is 5. The van der Waals surface area contributed by atoms with Crippen molar-refractivity contribution < 1.29 is 47.8 Å². The van der Waals surface area contributed by atoms with Crippen molar-refractivity contribution in [3.8, 4) is 0 Å². The van der Waals surface area contributed by atoms with Gasteiger partial charge >= 0.3 is 19.8 Å². The zero-order valence-electron chi connectivity index (χ0n) is 28.9. The van der Waals surface area contributed by atoms with Gasteiger partial charge in [0.05, 0.1) is 19.8 Å². The zero-order chi connectivity index (χ0) is 35.6. The number of phosphoric ester groups is 1. The highest BCUT2D eigenvalue weighted by Gasteiger charge is 2.27. The number of allylic oxidation sites excluding steroid dienone is 14. The van der Waals surface area contributed by atoms with Crippen molar-refractivity contribution >= 4 is 19.8 Å². The Morgan fingerprint density at radius 1 is 0.646 bits per heavy atom. The minimum absolute atomic E-state index is 0.124. The molecule has 0 amide bonds. The molecule has 10 nitrogen and oxygen atoms in total. The number of phosphoric acid groups is 1. The Kier molecular flexibility index (Phi) is 30.7. The van der Waals surface area contributed by atoms with Crippen molar-refractivity contribution in [2.24, 2.45) is 0 Å². The molecule has 0 aromatic carbocycles. The van der Waals surface area contributed by atoms with E-state index in [0.717, 1.165) is 57.8 Å². The standard InChI is InChI=1S/C37H59O10P/c1-3-5-7-9-11-13-15-17-19-21-23-25-27-29-37(41)47-35(33-46-48(42,43)45-31-34(39)30-38)32-44-36(40)28-26-24-22-20-18-16-14-12-10-8-6-4-2/h5-9,11-15,17-20,34-35,38-39H,3-4,10,16,21-33H2,1-2H3,(H,42,43)/b7-5+,8-6+,11-9+,14-12+,15-13+,19-17+,20-18+/t34-,35?/m0/s1. The average Bonchev–Trinajstić information content (AvgIpc) is 3.07. The van der Waals surface area contributed by atoms with Crippen molar-refractivity contribution in [2.75, 3.05) is 26.4 Å². The van der Waals surface area contributed by atoms with Crippen LogP contribution < -0.4 is 0 Å². The number of aliphatic hydroxyl groups is 2. The van der Waals surface area contributed by atoms with E-state index in [4.69, 9.17) is 19.1 Å². The van der Waals surface area contributed by atoms with Crippen LogP contribution in [0.3, 0.4) is 0 Å². The number of rotatable bonds is 30. The van der Waals surface area contributed by atoms with Gasteiger partial charge in [0, 0.05) is 12.8 Å². The van der Waals surface area contributed by atoms with Crippen LogP contribution in [0.5, 0.6) is 0 Å². The first-order valence-electron chi connectivity index (χ1n) is 17.1. The molecule has 0 fully saturated rings. The summed E-state index contributed by atoms with van der Waals surface area (Å²) in [4.78, 5) is 34.7. The van der Waals surface area contributed by atoms with Crippen LogP contribution in [-0.2, 0) is 32.7 Å². The fourth-order valence-electron chi connectivity index (χ4n) is 3.78. The van der Waals surface area contributed by atoms with Crippen LogP contribution in [0.15, 0.2) is 85.1 Å². The van der Waals surface area contributed by atoms with E-state index >= 15 is 0 Å². The molecule has 0 bridgehead atoms. The van der Waals surface area contributed by atoms with Gasteiger partial charge in [-0.2, -0.15) is 0 Å². The van der Waals surface area contributed by atoms with E-state index in [1.807, 2.05) is 36.5 Å². The average molecular weight is 695 g/mol. The molecule has 0 aromatic rings. The van der Waals surface area contributed by atoms with Crippen LogP contribution in [0.25, 0.3) is 0 Å². The first kappa shape index (κ1) is 45.2. The molecule has 48 heavy (non-hydrogen) atoms. The lowest BCUT2D eigenvalue weighted by molar-refractivity contribution is -0.161. The maximum Gasteiger partial charge on any atom is 0.472 e. The van der Waals surface area contributed by atoms with E-state index in [2.05, 4.69) is 67.0 Å². The molecule has 0 saturated heterocycles. The number of hydrogen-bond acceptors (Lipinski definition) is 9. The van der Waals surface area contributed by atoms with E-state index < -0.39 is 51.8 Å². The van der Waals surface area contributed by atoms with Crippen LogP contribution in [0.4, 0.5) is 0 Å². The maximum absolute atomic E-state index is 12.5. The van der Waals surface area contributed by atoms with E-state index in [9.17, 15) is 24.2 Å². The molecule has 11 heteroatoms. The smallest absolute Gasteiger partial charge is 0.462 e. The predicted octanol–water partition coefficient (Wildman–Crippen LogP) is 7.93. The Bertz CT molecular complexity index is 1070. The van der Waals surface area contributed by atoms with Gasteiger partial charge in [-0.3, -0.25) is 18.6 Å². The van der Waals surface area contributed by atoms with E-state index in [1.165, 1.54) is 0 Å². The zero-order valence-corrected chi connectivity index (χ0v) is 29.8. The van der Waals surface area contributed by atoms with Crippen LogP contribution in [-0.4, -0.2) is 65.7 Å². The minimum Gasteiger partial charge on any atom is -0.462 e. The molecule has 0 saturated carbocycles. The van der Waals surface area contributed by atoms with Gasteiger partial charge < -0.3 is 24.6 Å². The number of esters is 2. The molecule has 272 valence electrons. The van der Waals surface area contributed by atoms with Gasteiger partial charge in [-0.05, 0) is 64.2 Å². The lowest BCUT2D eigenvalue weighted by atomic mass is 10.1. The Balaban J connectivity index is 4.59. The highest BCUT2D eigenvalue weighted by molar-refractivity contribution is 7.47. The summed E-state index contributed by atoms with van der Waals surface area (Å²) in [5.41, 5.74) is 0. The highest BCUT2D eigenvalue weighted by Crippen LogP contribution is 2.43. The Labute approximate surface area is 288 Å². The lowest BCUT2D eigenvalue weighted by Gasteiger charge is -2.20. The Morgan fingerprint density at radius 2 is 1.19 bits per heavy atom. The van der Waals surface area contributed by atoms with E-state index in [-0.39, 0.29) is 19.4 Å². The summed E-state index contributed by atoms with van der Waals surface area (Å²) in [6, 6.07) is 0. The second kappa shape index (κ2) is 32.7. The third-order valence-corrected chi connectivity index (χ3v) is 7.34. The first-order valence-corrected chi connectivity index (χ1v) is 18.6. The van der Waals surface area contributed by atoms with Crippen molar-refractivity contribution in [1.82, 2.24) is 0 Å². The molecule has 3 atom stereocenters. The van der Waals surface area contributed by atoms with Gasteiger partial charge in [0.25, 0.3) is 0 Å². The molecule has 0 rings (SSSR count). The van der Waals surface area contributed by atoms with Crippen molar-refractivity contribution in [2.45, 2.75) is 110 Å². The van der Waals surface area contributed by atoms with Crippen LogP contribution in [0, 0.1) is 0 Å². The van der Waals surface area contributed by atoms with Gasteiger partial charge in [0.15, 0.2) is 6.10 Å². The molecule has 0 aliphatic carbocycles. The molecular weight excluding hydrogens is 635 g/mol. The molecule has 0 aliphatic rings. The van der Waals surface area contributed by atoms with Crippen molar-refractivity contribution in [3.63, 3.8) is 0 Å². The monoisotopic (exact) mass is 694 g/mol. The van der Waals surface area contributed by atoms with E-state index in [1.54, 1.807) is 0 Å². The SMILES string of the molecule is CC/C=C/C=C/C=C/C=C/CCCCCC(=O)OC(COC(=O)CCCC/C=C/C/C=C/C/C=C/CC)COP(=O)(O)OC[C@@H](O)CO. The first-order chi connectivity index (χ1) is 23.2. The predicted molar refractivity (Wildman–Crippen MR) is 191 cm³/mol. The van der Waals surface area contributed by atoms with Gasteiger partial charge in [-0.25, -0.2) is 4.57 Å². The largest absolute Gasteiger partial charge is 0.472 e. The van der Waals surface area contributed by atoms with Crippen LogP contribution in [0.2, 0.25) is 0 Å². The summed E-state index contributed by atoms with van der Waals surface area (Å²) in [5.74, 6) is -1.03. The maximum atomic E-state index is 12.5. The Morgan fingerprint density at radius 3 is 1.88 bits per heavy atom. The summed E-state index contributed by atoms with van der Waals surface area (Å²) in [7, 11) is -4.63. The summed E-state index contributed by atoms with van der Waals surface area (Å²) >= 11 is 0. The second-order valence-corrected chi connectivity index (χ2v) is 12.3. The second-order valence-electron chi connectivity index (χ2n) is 10.9. The van der Waals surface area contributed by atoms with Crippen LogP contribution in [0.1, 0.15) is 97.3 Å². The van der Waals surface area contributed by atoms with Gasteiger partial charge in [0.1, 0.15) is 12.7 Å².